The molecule has 130 valence electrons. The number of likely N-dealkylation sites (tertiary alicyclic amines) is 1. The van der Waals surface area contributed by atoms with E-state index in [1.807, 2.05) is 24.3 Å². The van der Waals surface area contributed by atoms with Crippen LogP contribution >= 0.6 is 0 Å². The van der Waals surface area contributed by atoms with Gasteiger partial charge in [0.1, 0.15) is 12.7 Å². The normalized spacial score (nSPS) is 21.7. The van der Waals surface area contributed by atoms with E-state index in [4.69, 9.17) is 9.47 Å². The molecule has 1 aromatic carbocycles. The highest BCUT2D eigenvalue weighted by atomic mass is 16.5. The lowest BCUT2D eigenvalue weighted by molar-refractivity contribution is -0.0607. The summed E-state index contributed by atoms with van der Waals surface area (Å²) in [6.07, 6.45) is 3.04. The number of methoxy groups -OCH3 is 1. The van der Waals surface area contributed by atoms with Gasteiger partial charge in [0, 0.05) is 17.6 Å². The first-order valence-corrected chi connectivity index (χ1v) is 8.48. The molecule has 4 nitrogen and oxygen atoms in total. The lowest BCUT2D eigenvalue weighted by Gasteiger charge is -2.53. The maximum atomic E-state index is 10.5. The van der Waals surface area contributed by atoms with Gasteiger partial charge >= 0.3 is 0 Å². The van der Waals surface area contributed by atoms with Crippen LogP contribution in [0.3, 0.4) is 0 Å². The molecule has 1 aromatic rings. The van der Waals surface area contributed by atoms with Crippen LogP contribution in [0, 0.1) is 0 Å². The highest BCUT2D eigenvalue weighted by Crippen LogP contribution is 2.38. The SMILES string of the molecule is COc1ccccc1OC[C@H](O)CN1C(C)(C)CCCC1(C)C. The van der Waals surface area contributed by atoms with Crippen molar-refractivity contribution in [2.45, 2.75) is 64.1 Å². The van der Waals surface area contributed by atoms with E-state index in [1.165, 1.54) is 6.42 Å². The van der Waals surface area contributed by atoms with Crippen LogP contribution in [0.1, 0.15) is 47.0 Å². The number of ether oxygens (including phenoxy) is 2. The maximum Gasteiger partial charge on any atom is 0.161 e. The number of para-hydroxylation sites is 2. The Kier molecular flexibility index (Phi) is 5.58. The number of nitrogens with zero attached hydrogens (tertiary/aromatic N) is 1. The second-order valence-corrected chi connectivity index (χ2v) is 7.70. The molecule has 1 saturated heterocycles. The van der Waals surface area contributed by atoms with Gasteiger partial charge in [-0.1, -0.05) is 12.1 Å². The topological polar surface area (TPSA) is 41.9 Å². The maximum absolute atomic E-state index is 10.5. The van der Waals surface area contributed by atoms with Crippen LogP contribution in [0.5, 0.6) is 11.5 Å². The van der Waals surface area contributed by atoms with E-state index >= 15 is 0 Å². The van der Waals surface area contributed by atoms with Gasteiger partial charge in [0.2, 0.25) is 0 Å². The molecule has 23 heavy (non-hydrogen) atoms. The Bertz CT molecular complexity index is 497. The summed E-state index contributed by atoms with van der Waals surface area (Å²) < 4.78 is 11.0. The van der Waals surface area contributed by atoms with Gasteiger partial charge in [-0.15, -0.1) is 0 Å². The Balaban J connectivity index is 1.97. The van der Waals surface area contributed by atoms with Gasteiger partial charge in [-0.05, 0) is 59.1 Å². The van der Waals surface area contributed by atoms with Crippen molar-refractivity contribution in [2.24, 2.45) is 0 Å². The second kappa shape index (κ2) is 7.10. The zero-order valence-corrected chi connectivity index (χ0v) is 15.1. The molecule has 0 spiro atoms. The number of hydrogen-bond donors (Lipinski definition) is 1. The minimum atomic E-state index is -0.531. The Labute approximate surface area is 140 Å². The smallest absolute Gasteiger partial charge is 0.161 e. The van der Waals surface area contributed by atoms with Crippen molar-refractivity contribution < 1.29 is 14.6 Å². The molecule has 1 fully saturated rings. The summed E-state index contributed by atoms with van der Waals surface area (Å²) in [7, 11) is 1.62. The van der Waals surface area contributed by atoms with E-state index in [0.29, 0.717) is 18.0 Å². The van der Waals surface area contributed by atoms with Crippen LogP contribution in [0.25, 0.3) is 0 Å². The van der Waals surface area contributed by atoms with Gasteiger partial charge in [-0.25, -0.2) is 0 Å². The summed E-state index contributed by atoms with van der Waals surface area (Å²) in [4.78, 5) is 2.43. The average molecular weight is 321 g/mol. The molecule has 1 aliphatic heterocycles. The summed E-state index contributed by atoms with van der Waals surface area (Å²) in [5.41, 5.74) is 0.209. The lowest BCUT2D eigenvalue weighted by Crippen LogP contribution is -2.60. The van der Waals surface area contributed by atoms with Crippen molar-refractivity contribution in [1.29, 1.82) is 0 Å². The van der Waals surface area contributed by atoms with E-state index in [1.54, 1.807) is 7.11 Å². The molecule has 0 aromatic heterocycles. The van der Waals surface area contributed by atoms with Crippen LogP contribution in [-0.2, 0) is 0 Å². The van der Waals surface area contributed by atoms with Crippen LogP contribution in [-0.4, -0.2) is 47.4 Å². The molecule has 0 aliphatic carbocycles. The van der Waals surface area contributed by atoms with Crippen molar-refractivity contribution in [3.05, 3.63) is 24.3 Å². The molecule has 0 bridgehead atoms. The number of β-amino-alcohol motifs (C(OH)–C–C–N with tert-alkyl or cyclic N) is 1. The highest BCUT2D eigenvalue weighted by molar-refractivity contribution is 5.39. The lowest BCUT2D eigenvalue weighted by atomic mass is 9.79. The quantitative estimate of drug-likeness (QED) is 0.871. The first kappa shape index (κ1) is 18.1. The van der Waals surface area contributed by atoms with E-state index in [-0.39, 0.29) is 17.7 Å². The summed E-state index contributed by atoms with van der Waals surface area (Å²) >= 11 is 0. The monoisotopic (exact) mass is 321 g/mol. The van der Waals surface area contributed by atoms with Crippen LogP contribution in [0.4, 0.5) is 0 Å². The number of aliphatic hydroxyl groups is 1. The van der Waals surface area contributed by atoms with Crippen molar-refractivity contribution in [2.75, 3.05) is 20.3 Å². The molecule has 0 radical (unpaired) electrons. The van der Waals surface area contributed by atoms with Crippen LogP contribution in [0.15, 0.2) is 24.3 Å². The highest BCUT2D eigenvalue weighted by Gasteiger charge is 2.41. The van der Waals surface area contributed by atoms with Gasteiger partial charge in [-0.2, -0.15) is 0 Å². The third kappa shape index (κ3) is 4.39. The fourth-order valence-corrected chi connectivity index (χ4v) is 3.72. The Morgan fingerprint density at radius 2 is 1.65 bits per heavy atom. The largest absolute Gasteiger partial charge is 0.493 e. The third-order valence-electron chi connectivity index (χ3n) is 4.93. The number of piperidine rings is 1. The molecule has 0 saturated carbocycles. The summed E-state index contributed by atoms with van der Waals surface area (Å²) in [6.45, 7) is 9.95. The van der Waals surface area contributed by atoms with Crippen molar-refractivity contribution >= 4 is 0 Å². The molecular weight excluding hydrogens is 290 g/mol. The number of benzene rings is 1. The minimum Gasteiger partial charge on any atom is -0.493 e. The van der Waals surface area contributed by atoms with Gasteiger partial charge in [0.25, 0.3) is 0 Å². The van der Waals surface area contributed by atoms with E-state index in [2.05, 4.69) is 32.6 Å². The number of rotatable bonds is 6. The summed E-state index contributed by atoms with van der Waals surface area (Å²) in [5.74, 6) is 1.37. The molecule has 1 atom stereocenters. The zero-order valence-electron chi connectivity index (χ0n) is 15.1. The Hall–Kier alpha value is -1.26. The predicted molar refractivity (Wildman–Crippen MR) is 93.2 cm³/mol. The molecule has 1 aliphatic rings. The first-order chi connectivity index (χ1) is 10.8. The van der Waals surface area contributed by atoms with E-state index < -0.39 is 6.10 Å². The fraction of sp³-hybridized carbons (Fsp3) is 0.684. The van der Waals surface area contributed by atoms with E-state index in [9.17, 15) is 5.11 Å². The van der Waals surface area contributed by atoms with Crippen molar-refractivity contribution in [3.8, 4) is 11.5 Å². The van der Waals surface area contributed by atoms with E-state index in [0.717, 1.165) is 12.8 Å². The van der Waals surface area contributed by atoms with Gasteiger partial charge in [0.15, 0.2) is 11.5 Å². The van der Waals surface area contributed by atoms with Crippen molar-refractivity contribution in [1.82, 2.24) is 4.90 Å². The molecule has 0 amide bonds. The summed E-state index contributed by atoms with van der Waals surface area (Å²) in [6, 6.07) is 7.53. The van der Waals surface area contributed by atoms with Gasteiger partial charge in [-0.3, -0.25) is 4.90 Å². The van der Waals surface area contributed by atoms with Gasteiger partial charge < -0.3 is 14.6 Å². The minimum absolute atomic E-state index is 0.104. The Morgan fingerprint density at radius 1 is 1.09 bits per heavy atom. The third-order valence-corrected chi connectivity index (χ3v) is 4.93. The fourth-order valence-electron chi connectivity index (χ4n) is 3.72. The van der Waals surface area contributed by atoms with Crippen LogP contribution < -0.4 is 9.47 Å². The van der Waals surface area contributed by atoms with Crippen molar-refractivity contribution in [3.63, 3.8) is 0 Å². The number of hydrogen-bond acceptors (Lipinski definition) is 4. The van der Waals surface area contributed by atoms with Crippen LogP contribution in [0.2, 0.25) is 0 Å². The zero-order chi connectivity index (χ0) is 17.1. The molecule has 1 heterocycles. The number of aliphatic hydroxyl groups excluding tert-OH is 1. The first-order valence-electron chi connectivity index (χ1n) is 8.48. The van der Waals surface area contributed by atoms with Gasteiger partial charge in [0.05, 0.1) is 7.11 Å². The molecule has 0 unspecified atom stereocenters. The summed E-state index contributed by atoms with van der Waals surface area (Å²) in [5, 5.41) is 10.5. The predicted octanol–water partition coefficient (Wildman–Crippen LogP) is 3.48. The molecule has 4 heteroatoms. The average Bonchev–Trinajstić information content (AvgIpc) is 2.49. The molecule has 2 rings (SSSR count). The molecular formula is C19H31NO3. The molecule has 1 N–H and O–H groups in total. The Morgan fingerprint density at radius 3 is 2.22 bits per heavy atom. The second-order valence-electron chi connectivity index (χ2n) is 7.70. The standard InChI is InChI=1S/C19H31NO3/c1-18(2)11-8-12-19(3,4)20(18)13-15(21)14-23-17-10-7-6-9-16(17)22-5/h6-7,9-10,15,21H,8,11-14H2,1-5H3/t15-/m1/s1.